The second-order valence-electron chi connectivity index (χ2n) is 3.74. The minimum atomic E-state index is 0.401. The summed E-state index contributed by atoms with van der Waals surface area (Å²) >= 11 is 0. The van der Waals surface area contributed by atoms with Gasteiger partial charge < -0.3 is 0 Å². The van der Waals surface area contributed by atoms with Crippen LogP contribution >= 0.6 is 0 Å². The van der Waals surface area contributed by atoms with Crippen molar-refractivity contribution in [2.24, 2.45) is 11.8 Å². The first-order chi connectivity index (χ1) is 5.24. The van der Waals surface area contributed by atoms with Crippen molar-refractivity contribution in [3.8, 4) is 0 Å². The summed E-state index contributed by atoms with van der Waals surface area (Å²) in [7, 11) is 0. The van der Waals surface area contributed by atoms with Gasteiger partial charge >= 0.3 is 0 Å². The third-order valence-corrected chi connectivity index (χ3v) is 3.00. The molecule has 1 heteroatoms. The van der Waals surface area contributed by atoms with E-state index in [9.17, 15) is 4.79 Å². The Kier molecular flexibility index (Phi) is 3.10. The van der Waals surface area contributed by atoms with Crippen LogP contribution in [0.1, 0.15) is 46.0 Å². The van der Waals surface area contributed by atoms with E-state index >= 15 is 0 Å². The molecule has 0 aromatic rings. The van der Waals surface area contributed by atoms with E-state index in [0.717, 1.165) is 18.8 Å². The molecular weight excluding hydrogens is 136 g/mol. The summed E-state index contributed by atoms with van der Waals surface area (Å²) in [6, 6.07) is 0. The molecule has 0 unspecified atom stereocenters. The van der Waals surface area contributed by atoms with Gasteiger partial charge in [-0.25, -0.2) is 0 Å². The van der Waals surface area contributed by atoms with Crippen LogP contribution in [0.2, 0.25) is 0 Å². The Bertz CT molecular complexity index is 132. The first kappa shape index (κ1) is 8.76. The monoisotopic (exact) mass is 154 g/mol. The van der Waals surface area contributed by atoms with Gasteiger partial charge in [0.1, 0.15) is 5.78 Å². The molecule has 0 heterocycles. The Morgan fingerprint density at radius 3 is 2.18 bits per heavy atom. The summed E-state index contributed by atoms with van der Waals surface area (Å²) in [5.41, 5.74) is 0. The number of Topliss-reactive ketones (excluding diaryl/α,β-unsaturated/α-hetero) is 1. The lowest BCUT2D eigenvalue weighted by molar-refractivity contribution is -0.121. The van der Waals surface area contributed by atoms with E-state index in [1.165, 1.54) is 19.3 Å². The van der Waals surface area contributed by atoms with Gasteiger partial charge in [-0.3, -0.25) is 4.79 Å². The topological polar surface area (TPSA) is 17.1 Å². The number of ketones is 1. The molecule has 1 aliphatic carbocycles. The van der Waals surface area contributed by atoms with Gasteiger partial charge in [0, 0.05) is 5.92 Å². The van der Waals surface area contributed by atoms with Crippen LogP contribution in [-0.2, 0) is 4.79 Å². The number of rotatable bonds is 2. The largest absolute Gasteiger partial charge is 0.300 e. The van der Waals surface area contributed by atoms with Crippen LogP contribution in [0.5, 0.6) is 0 Å². The van der Waals surface area contributed by atoms with Crippen LogP contribution in [0.15, 0.2) is 0 Å². The van der Waals surface area contributed by atoms with Gasteiger partial charge in [0.15, 0.2) is 0 Å². The highest BCUT2D eigenvalue weighted by molar-refractivity contribution is 5.78. The Morgan fingerprint density at radius 1 is 1.27 bits per heavy atom. The van der Waals surface area contributed by atoms with E-state index in [1.807, 2.05) is 0 Å². The Labute approximate surface area is 69.2 Å². The summed E-state index contributed by atoms with van der Waals surface area (Å²) < 4.78 is 0. The molecule has 0 radical (unpaired) electrons. The normalized spacial score (nSPS) is 31.8. The van der Waals surface area contributed by atoms with Gasteiger partial charge in [0.2, 0.25) is 0 Å². The van der Waals surface area contributed by atoms with E-state index in [2.05, 4.69) is 6.92 Å². The fourth-order valence-electron chi connectivity index (χ4n) is 1.98. The lowest BCUT2D eigenvalue weighted by Gasteiger charge is -2.25. The van der Waals surface area contributed by atoms with Gasteiger partial charge in [0.05, 0.1) is 0 Å². The zero-order valence-corrected chi connectivity index (χ0v) is 7.60. The quantitative estimate of drug-likeness (QED) is 0.597. The van der Waals surface area contributed by atoms with E-state index in [1.54, 1.807) is 6.92 Å². The van der Waals surface area contributed by atoms with Gasteiger partial charge in [-0.05, 0) is 38.5 Å². The number of carbonyl (C=O) groups excluding carboxylic acids is 1. The van der Waals surface area contributed by atoms with Gasteiger partial charge in [-0.15, -0.1) is 0 Å². The van der Waals surface area contributed by atoms with E-state index in [0.29, 0.717) is 11.7 Å². The van der Waals surface area contributed by atoms with Crippen molar-refractivity contribution in [3.05, 3.63) is 0 Å². The minimum absolute atomic E-state index is 0.401. The molecule has 0 aromatic carbocycles. The molecule has 1 aliphatic rings. The molecule has 0 amide bonds. The average Bonchev–Trinajstić information content (AvgIpc) is 2.05. The highest BCUT2D eigenvalue weighted by atomic mass is 16.1. The van der Waals surface area contributed by atoms with Gasteiger partial charge in [0.25, 0.3) is 0 Å². The smallest absolute Gasteiger partial charge is 0.132 e. The van der Waals surface area contributed by atoms with Crippen LogP contribution in [0.3, 0.4) is 0 Å². The molecule has 0 spiro atoms. The summed E-state index contributed by atoms with van der Waals surface area (Å²) in [4.78, 5) is 11.0. The van der Waals surface area contributed by atoms with Gasteiger partial charge in [-0.1, -0.05) is 13.3 Å². The summed E-state index contributed by atoms with van der Waals surface area (Å²) in [5.74, 6) is 1.71. The van der Waals surface area contributed by atoms with Crippen molar-refractivity contribution in [2.45, 2.75) is 46.0 Å². The van der Waals surface area contributed by atoms with E-state index < -0.39 is 0 Å². The second kappa shape index (κ2) is 3.89. The predicted molar refractivity (Wildman–Crippen MR) is 46.4 cm³/mol. The molecule has 1 nitrogen and oxygen atoms in total. The standard InChI is InChI=1S/C10H18O/c1-3-9-4-6-10(7-5-9)8(2)11/h9-10H,3-7H2,1-2H3. The molecular formula is C10H18O. The highest BCUT2D eigenvalue weighted by Crippen LogP contribution is 2.30. The van der Waals surface area contributed by atoms with Crippen LogP contribution in [-0.4, -0.2) is 5.78 Å². The average molecular weight is 154 g/mol. The van der Waals surface area contributed by atoms with Crippen molar-refractivity contribution < 1.29 is 4.79 Å². The zero-order chi connectivity index (χ0) is 8.27. The Morgan fingerprint density at radius 2 is 1.82 bits per heavy atom. The van der Waals surface area contributed by atoms with Crippen LogP contribution in [0, 0.1) is 11.8 Å². The molecule has 11 heavy (non-hydrogen) atoms. The fraction of sp³-hybridized carbons (Fsp3) is 0.900. The molecule has 1 fully saturated rings. The molecule has 0 atom stereocenters. The molecule has 0 bridgehead atoms. The fourth-order valence-corrected chi connectivity index (χ4v) is 1.98. The first-order valence-corrected chi connectivity index (χ1v) is 4.74. The molecule has 1 saturated carbocycles. The second-order valence-corrected chi connectivity index (χ2v) is 3.74. The number of hydrogen-bond acceptors (Lipinski definition) is 1. The van der Waals surface area contributed by atoms with Crippen molar-refractivity contribution in [2.75, 3.05) is 0 Å². The third kappa shape index (κ3) is 2.32. The molecule has 0 saturated heterocycles. The molecule has 64 valence electrons. The maximum absolute atomic E-state index is 11.0. The highest BCUT2D eigenvalue weighted by Gasteiger charge is 2.22. The van der Waals surface area contributed by atoms with E-state index in [4.69, 9.17) is 0 Å². The Hall–Kier alpha value is -0.330. The van der Waals surface area contributed by atoms with E-state index in [-0.39, 0.29) is 0 Å². The Balaban J connectivity index is 2.30. The first-order valence-electron chi connectivity index (χ1n) is 4.74. The molecule has 0 aromatic heterocycles. The molecule has 1 rings (SSSR count). The lowest BCUT2D eigenvalue weighted by Crippen LogP contribution is -2.19. The molecule has 0 aliphatic heterocycles. The summed E-state index contributed by atoms with van der Waals surface area (Å²) in [6.45, 7) is 3.98. The van der Waals surface area contributed by atoms with Crippen molar-refractivity contribution in [1.82, 2.24) is 0 Å². The number of carbonyl (C=O) groups is 1. The van der Waals surface area contributed by atoms with Crippen LogP contribution in [0.4, 0.5) is 0 Å². The minimum Gasteiger partial charge on any atom is -0.300 e. The lowest BCUT2D eigenvalue weighted by atomic mass is 9.79. The SMILES string of the molecule is CCC1CCC(C(C)=O)CC1. The summed E-state index contributed by atoms with van der Waals surface area (Å²) in [6.07, 6.45) is 6.15. The van der Waals surface area contributed by atoms with Crippen molar-refractivity contribution >= 4 is 5.78 Å². The number of hydrogen-bond donors (Lipinski definition) is 0. The maximum atomic E-state index is 11.0. The third-order valence-electron chi connectivity index (χ3n) is 3.00. The van der Waals surface area contributed by atoms with Crippen molar-refractivity contribution in [1.29, 1.82) is 0 Å². The maximum Gasteiger partial charge on any atom is 0.132 e. The van der Waals surface area contributed by atoms with Crippen molar-refractivity contribution in [3.63, 3.8) is 0 Å². The van der Waals surface area contributed by atoms with Gasteiger partial charge in [-0.2, -0.15) is 0 Å². The molecule has 0 N–H and O–H groups in total. The predicted octanol–water partition coefficient (Wildman–Crippen LogP) is 2.79. The van der Waals surface area contributed by atoms with Crippen LogP contribution in [0.25, 0.3) is 0 Å². The van der Waals surface area contributed by atoms with Crippen LogP contribution < -0.4 is 0 Å². The summed E-state index contributed by atoms with van der Waals surface area (Å²) in [5, 5.41) is 0. The zero-order valence-electron chi connectivity index (χ0n) is 7.60.